The summed E-state index contributed by atoms with van der Waals surface area (Å²) in [6.07, 6.45) is 0. The van der Waals surface area contributed by atoms with Crippen LogP contribution in [0, 0.1) is 0 Å². The van der Waals surface area contributed by atoms with Crippen LogP contribution in [0.15, 0.2) is 127 Å². The number of benzene rings is 4. The van der Waals surface area contributed by atoms with E-state index < -0.39 is 0 Å². The topological polar surface area (TPSA) is 38.7 Å². The monoisotopic (exact) mass is 657 g/mol. The Balaban J connectivity index is 1.18. The zero-order valence-corrected chi connectivity index (χ0v) is 30.0. The van der Waals surface area contributed by atoms with Gasteiger partial charge in [0, 0.05) is 49.6 Å². The van der Waals surface area contributed by atoms with Gasteiger partial charge in [0.05, 0.1) is 34.2 Å². The first-order valence-electron chi connectivity index (χ1n) is 18.0. The predicted octanol–water partition coefficient (Wildman–Crippen LogP) is 11.8. The highest BCUT2D eigenvalue weighted by molar-refractivity contribution is 5.86. The molecule has 0 saturated carbocycles. The molecule has 0 spiro atoms. The van der Waals surface area contributed by atoms with Crippen molar-refractivity contribution < 1.29 is 0 Å². The van der Waals surface area contributed by atoms with Crippen molar-refractivity contribution in [3.8, 4) is 67.5 Å². The van der Waals surface area contributed by atoms with E-state index >= 15 is 0 Å². The second kappa shape index (κ2) is 10.2. The van der Waals surface area contributed by atoms with E-state index in [0.717, 1.165) is 50.9 Å². The molecule has 0 fully saturated rings. The average molecular weight is 658 g/mol. The normalized spacial score (nSPS) is 16.1. The molecule has 3 heterocycles. The molecule has 3 heteroatoms. The number of nitrogens with zero attached hydrogens (tertiary/aromatic N) is 3. The van der Waals surface area contributed by atoms with Gasteiger partial charge < -0.3 is 0 Å². The average Bonchev–Trinajstić information content (AvgIpc) is 3.64. The lowest BCUT2D eigenvalue weighted by Crippen LogP contribution is -2.15. The summed E-state index contributed by atoms with van der Waals surface area (Å²) in [6.45, 7) is 13.8. The van der Waals surface area contributed by atoms with E-state index in [2.05, 4.69) is 169 Å². The summed E-state index contributed by atoms with van der Waals surface area (Å²) >= 11 is 0. The van der Waals surface area contributed by atoms with Crippen molar-refractivity contribution in [2.24, 2.45) is 0 Å². The van der Waals surface area contributed by atoms with Crippen LogP contribution in [0.5, 0.6) is 0 Å². The molecule has 0 aliphatic heterocycles. The van der Waals surface area contributed by atoms with Crippen molar-refractivity contribution in [1.29, 1.82) is 0 Å². The molecule has 7 aromatic rings. The molecule has 0 saturated heterocycles. The van der Waals surface area contributed by atoms with Crippen LogP contribution < -0.4 is 0 Å². The Kier molecular flexibility index (Phi) is 6.04. The smallest absolute Gasteiger partial charge is 0.0753 e. The third-order valence-electron chi connectivity index (χ3n) is 12.1. The minimum atomic E-state index is -0.0960. The maximum atomic E-state index is 5.40. The van der Waals surface area contributed by atoms with Crippen LogP contribution in [-0.2, 0) is 16.2 Å². The van der Waals surface area contributed by atoms with Gasteiger partial charge in [-0.1, -0.05) is 133 Å². The van der Waals surface area contributed by atoms with E-state index in [1.54, 1.807) is 0 Å². The highest BCUT2D eigenvalue weighted by Gasteiger charge is 2.39. The van der Waals surface area contributed by atoms with Crippen molar-refractivity contribution in [1.82, 2.24) is 15.0 Å². The molecule has 0 N–H and O–H groups in total. The fourth-order valence-corrected chi connectivity index (χ4v) is 9.20. The molecule has 3 aliphatic rings. The van der Waals surface area contributed by atoms with Crippen LogP contribution >= 0.6 is 0 Å². The van der Waals surface area contributed by atoms with Gasteiger partial charge >= 0.3 is 0 Å². The predicted molar refractivity (Wildman–Crippen MR) is 209 cm³/mol. The molecular weight excluding hydrogens is 619 g/mol. The maximum Gasteiger partial charge on any atom is 0.0753 e. The van der Waals surface area contributed by atoms with Gasteiger partial charge in [-0.3, -0.25) is 0 Å². The van der Waals surface area contributed by atoms with E-state index in [1.165, 1.54) is 50.1 Å². The standard InChI is InChI=1S/C48H39N3/c1-46(2)34-16-10-7-13-31(34)43-37(46)19-22-40(49-43)28-25-29(41-23-20-38-44(50-41)32-14-8-11-17-35(32)47(38,3)4)27-30(26-28)42-24-21-39-45(51-42)33-15-9-12-18-36(33)48(39,5)6/h7-27H,1-6H3. The first-order chi connectivity index (χ1) is 24.5. The first kappa shape index (κ1) is 30.2. The van der Waals surface area contributed by atoms with Gasteiger partial charge in [-0.2, -0.15) is 0 Å². The van der Waals surface area contributed by atoms with Gasteiger partial charge in [0.15, 0.2) is 0 Å². The van der Waals surface area contributed by atoms with Crippen molar-refractivity contribution >= 4 is 0 Å². The highest BCUT2D eigenvalue weighted by Crippen LogP contribution is 2.51. The van der Waals surface area contributed by atoms with Crippen LogP contribution in [0.4, 0.5) is 0 Å². The first-order valence-corrected chi connectivity index (χ1v) is 18.0. The summed E-state index contributed by atoms with van der Waals surface area (Å²) in [7, 11) is 0. The van der Waals surface area contributed by atoms with Gasteiger partial charge in [-0.05, 0) is 69.8 Å². The molecule has 3 aromatic heterocycles. The molecule has 3 nitrogen and oxygen atoms in total. The second-order valence-electron chi connectivity index (χ2n) is 16.1. The van der Waals surface area contributed by atoms with Gasteiger partial charge in [-0.25, -0.2) is 15.0 Å². The lowest BCUT2D eigenvalue weighted by atomic mass is 9.82. The Morgan fingerprint density at radius 2 is 0.588 bits per heavy atom. The molecule has 10 rings (SSSR count). The van der Waals surface area contributed by atoms with Crippen LogP contribution in [0.1, 0.15) is 74.9 Å². The van der Waals surface area contributed by atoms with Gasteiger partial charge in [0.25, 0.3) is 0 Å². The summed E-state index contributed by atoms with van der Waals surface area (Å²) in [6, 6.07) is 46.3. The van der Waals surface area contributed by atoms with Gasteiger partial charge in [0.2, 0.25) is 0 Å². The minimum absolute atomic E-state index is 0.0960. The summed E-state index contributed by atoms with van der Waals surface area (Å²) in [5.41, 5.74) is 20.4. The zero-order valence-electron chi connectivity index (χ0n) is 30.0. The van der Waals surface area contributed by atoms with Crippen LogP contribution in [-0.4, -0.2) is 15.0 Å². The lowest BCUT2D eigenvalue weighted by Gasteiger charge is -2.21. The Bertz CT molecular complexity index is 2320. The second-order valence-corrected chi connectivity index (χ2v) is 16.1. The van der Waals surface area contributed by atoms with E-state index in [4.69, 9.17) is 15.0 Å². The van der Waals surface area contributed by atoms with Crippen molar-refractivity contribution in [2.45, 2.75) is 57.8 Å². The molecule has 4 aromatic carbocycles. The third-order valence-corrected chi connectivity index (χ3v) is 12.1. The number of hydrogen-bond acceptors (Lipinski definition) is 3. The maximum absolute atomic E-state index is 5.40. The molecule has 0 radical (unpaired) electrons. The van der Waals surface area contributed by atoms with E-state index in [1.807, 2.05) is 0 Å². The molecule has 0 atom stereocenters. The summed E-state index contributed by atoms with van der Waals surface area (Å²) < 4.78 is 0. The van der Waals surface area contributed by atoms with E-state index in [9.17, 15) is 0 Å². The number of aromatic nitrogens is 3. The van der Waals surface area contributed by atoms with Crippen LogP contribution in [0.2, 0.25) is 0 Å². The Morgan fingerprint density at radius 1 is 0.314 bits per heavy atom. The largest absolute Gasteiger partial charge is 0.247 e. The summed E-state index contributed by atoms with van der Waals surface area (Å²) in [4.78, 5) is 16.2. The highest BCUT2D eigenvalue weighted by atomic mass is 14.8. The number of pyridine rings is 3. The Labute approximate surface area is 300 Å². The van der Waals surface area contributed by atoms with E-state index in [-0.39, 0.29) is 16.2 Å². The van der Waals surface area contributed by atoms with Crippen molar-refractivity contribution in [3.63, 3.8) is 0 Å². The van der Waals surface area contributed by atoms with Crippen LogP contribution in [0.3, 0.4) is 0 Å². The van der Waals surface area contributed by atoms with Gasteiger partial charge in [-0.15, -0.1) is 0 Å². The molecule has 0 amide bonds. The molecule has 0 bridgehead atoms. The minimum Gasteiger partial charge on any atom is -0.247 e. The SMILES string of the molecule is CC1(C)c2ccccc2-c2nc(-c3cc(-c4ccc5c(n4)-c4ccccc4C5(C)C)cc(-c4ccc5c(n4)-c4ccccc4C5(C)C)c3)ccc21. The molecule has 51 heavy (non-hydrogen) atoms. The molecular formula is C48H39N3. The number of fused-ring (bicyclic) bond motifs is 9. The molecule has 0 unspecified atom stereocenters. The Morgan fingerprint density at radius 3 is 0.882 bits per heavy atom. The molecule has 246 valence electrons. The lowest BCUT2D eigenvalue weighted by molar-refractivity contribution is 0.659. The zero-order chi connectivity index (χ0) is 34.9. The van der Waals surface area contributed by atoms with Crippen molar-refractivity contribution in [2.75, 3.05) is 0 Å². The fourth-order valence-electron chi connectivity index (χ4n) is 9.20. The summed E-state index contributed by atoms with van der Waals surface area (Å²) in [5, 5.41) is 0. The number of rotatable bonds is 3. The number of hydrogen-bond donors (Lipinski definition) is 0. The van der Waals surface area contributed by atoms with Gasteiger partial charge in [0.1, 0.15) is 0 Å². The van der Waals surface area contributed by atoms with Crippen LogP contribution in [0.25, 0.3) is 67.5 Å². The Hall–Kier alpha value is -5.67. The van der Waals surface area contributed by atoms with E-state index in [0.29, 0.717) is 0 Å². The van der Waals surface area contributed by atoms with Crippen molar-refractivity contribution in [3.05, 3.63) is 161 Å². The third kappa shape index (κ3) is 4.15. The molecule has 3 aliphatic carbocycles. The summed E-state index contributed by atoms with van der Waals surface area (Å²) in [5.74, 6) is 0. The quantitative estimate of drug-likeness (QED) is 0.190. The fraction of sp³-hybridized carbons (Fsp3) is 0.188.